The van der Waals surface area contributed by atoms with Crippen molar-refractivity contribution in [2.24, 2.45) is 5.92 Å². The maximum absolute atomic E-state index is 13.1. The second kappa shape index (κ2) is 12.5. The van der Waals surface area contributed by atoms with Gasteiger partial charge >= 0.3 is 12.1 Å². The van der Waals surface area contributed by atoms with Crippen LogP contribution in [0, 0.1) is 5.92 Å². The van der Waals surface area contributed by atoms with Crippen LogP contribution in [0.3, 0.4) is 0 Å². The molecule has 1 N–H and O–H groups in total. The first-order valence-corrected chi connectivity index (χ1v) is 11.8. The first-order chi connectivity index (χ1) is 16.6. The average Bonchev–Trinajstić information content (AvgIpc) is 3.25. The zero-order chi connectivity index (χ0) is 25.4. The molecule has 0 saturated carbocycles. The van der Waals surface area contributed by atoms with Gasteiger partial charge in [-0.3, -0.25) is 14.4 Å². The number of fused-ring (bicyclic) bond motifs is 2. The van der Waals surface area contributed by atoms with E-state index in [2.05, 4.69) is 22.6 Å². The molecule has 1 aromatic carbocycles. The van der Waals surface area contributed by atoms with Crippen LogP contribution in [0.4, 0.5) is 13.2 Å². The summed E-state index contributed by atoms with van der Waals surface area (Å²) in [7, 11) is 1.86. The van der Waals surface area contributed by atoms with Crippen LogP contribution in [0.5, 0.6) is 0 Å². The van der Waals surface area contributed by atoms with Gasteiger partial charge in [0.05, 0.1) is 24.5 Å². The number of benzene rings is 1. The molecule has 8 nitrogen and oxygen atoms in total. The molecular formula is C24H34F3N5O3. The summed E-state index contributed by atoms with van der Waals surface area (Å²) in [5, 5.41) is 11.6. The maximum Gasteiger partial charge on any atom is 0.416 e. The minimum Gasteiger partial charge on any atom is -0.464 e. The second-order valence-corrected chi connectivity index (χ2v) is 9.29. The third-order valence-corrected chi connectivity index (χ3v) is 5.92. The highest BCUT2D eigenvalue weighted by molar-refractivity contribution is 5.69. The lowest BCUT2D eigenvalue weighted by atomic mass is 10.0. The zero-order valence-corrected chi connectivity index (χ0v) is 20.4. The largest absolute Gasteiger partial charge is 0.464 e. The molecule has 0 unspecified atom stereocenters. The number of hydrogen-bond donors (Lipinski definition) is 1. The molecule has 1 aliphatic heterocycles. The van der Waals surface area contributed by atoms with Gasteiger partial charge in [-0.25, -0.2) is 0 Å². The number of nitrogens with zero attached hydrogens (tertiary/aromatic N) is 4. The summed E-state index contributed by atoms with van der Waals surface area (Å²) in [4.78, 5) is 13.9. The minimum absolute atomic E-state index is 0.0227. The first kappa shape index (κ1) is 27.1. The van der Waals surface area contributed by atoms with Gasteiger partial charge in [-0.05, 0) is 37.9 Å². The number of halogens is 3. The average molecular weight is 498 g/mol. The molecule has 2 aromatic rings. The minimum atomic E-state index is -4.37. The van der Waals surface area contributed by atoms with Crippen LogP contribution in [0.1, 0.15) is 43.5 Å². The Morgan fingerprint density at radius 3 is 2.86 bits per heavy atom. The molecule has 0 spiro atoms. The first-order valence-electron chi connectivity index (χ1n) is 11.8. The number of ether oxygens (including phenoxy) is 2. The van der Waals surface area contributed by atoms with Crippen LogP contribution >= 0.6 is 0 Å². The van der Waals surface area contributed by atoms with E-state index in [9.17, 15) is 18.0 Å². The molecule has 1 aliphatic rings. The third kappa shape index (κ3) is 8.90. The normalized spacial score (nSPS) is 23.3. The number of carbonyl (C=O) groups is 1. The predicted octanol–water partition coefficient (Wildman–Crippen LogP) is 3.27. The van der Waals surface area contributed by atoms with E-state index in [1.165, 1.54) is 12.1 Å². The molecule has 3 rings (SSSR count). The summed E-state index contributed by atoms with van der Waals surface area (Å²) < 4.78 is 52.5. The molecule has 0 amide bonds. The topological polar surface area (TPSA) is 81.5 Å². The summed E-state index contributed by atoms with van der Waals surface area (Å²) in [6, 6.07) is 5.36. The lowest BCUT2D eigenvalue weighted by molar-refractivity contribution is -0.144. The van der Waals surface area contributed by atoms with Gasteiger partial charge in [-0.15, -0.1) is 5.10 Å². The van der Waals surface area contributed by atoms with Crippen LogP contribution in [0.15, 0.2) is 30.5 Å². The number of alkyl halides is 3. The maximum atomic E-state index is 13.1. The molecule has 0 fully saturated rings. The van der Waals surface area contributed by atoms with Gasteiger partial charge < -0.3 is 14.8 Å². The van der Waals surface area contributed by atoms with Crippen LogP contribution in [0.2, 0.25) is 0 Å². The van der Waals surface area contributed by atoms with Gasteiger partial charge in [-0.2, -0.15) is 13.2 Å². The molecule has 2 heterocycles. The van der Waals surface area contributed by atoms with Crippen molar-refractivity contribution in [3.05, 3.63) is 47.3 Å². The van der Waals surface area contributed by atoms with Gasteiger partial charge in [0.1, 0.15) is 12.3 Å². The Bertz CT molecular complexity index is 952. The van der Waals surface area contributed by atoms with Crippen molar-refractivity contribution in [2.45, 2.75) is 64.7 Å². The van der Waals surface area contributed by atoms with E-state index < -0.39 is 11.7 Å². The fraction of sp³-hybridized carbons (Fsp3) is 0.625. The fourth-order valence-corrected chi connectivity index (χ4v) is 3.89. The summed E-state index contributed by atoms with van der Waals surface area (Å²) >= 11 is 0. The number of cyclic esters (lactones) is 1. The Morgan fingerprint density at radius 1 is 1.29 bits per heavy atom. The van der Waals surface area contributed by atoms with Crippen molar-refractivity contribution >= 4 is 5.97 Å². The standard InChI is InChI=1S/C24H34F3N5O3/c1-17-11-28-18(2)15-35-23(33)8-5-9-32-13-21(29-30-32)16-34-22(17)14-31(3)12-19-6-4-7-20(10-19)24(25,26)27/h4,6-7,10,13,17-18,22,28H,5,8-9,11-12,14-16H2,1-3H3/t17-,18-,22-/m1/s1. The fourth-order valence-electron chi connectivity index (χ4n) is 3.89. The summed E-state index contributed by atoms with van der Waals surface area (Å²) in [6.07, 6.45) is -1.87. The van der Waals surface area contributed by atoms with E-state index in [-0.39, 0.29) is 37.2 Å². The monoisotopic (exact) mass is 497 g/mol. The molecule has 0 aliphatic carbocycles. The SMILES string of the molecule is C[C@@H]1COC(=O)CCCn2cc(nn2)CO[C@H](CN(C)Cc2cccc(C(F)(F)F)c2)[C@H](C)CN1. The predicted molar refractivity (Wildman–Crippen MR) is 123 cm³/mol. The highest BCUT2D eigenvalue weighted by atomic mass is 19.4. The highest BCUT2D eigenvalue weighted by Gasteiger charge is 2.30. The van der Waals surface area contributed by atoms with E-state index >= 15 is 0 Å². The summed E-state index contributed by atoms with van der Waals surface area (Å²) in [5.74, 6) is -0.170. The lowest BCUT2D eigenvalue weighted by Gasteiger charge is -2.30. The van der Waals surface area contributed by atoms with E-state index in [1.807, 2.05) is 18.9 Å². The van der Waals surface area contributed by atoms with Gasteiger partial charge in [0.2, 0.25) is 0 Å². The van der Waals surface area contributed by atoms with Gasteiger partial charge in [0, 0.05) is 38.6 Å². The van der Waals surface area contributed by atoms with Crippen molar-refractivity contribution in [2.75, 3.05) is 26.7 Å². The molecule has 194 valence electrons. The Labute approximate surface area is 203 Å². The molecule has 0 radical (unpaired) electrons. The summed E-state index contributed by atoms with van der Waals surface area (Å²) in [6.45, 7) is 6.58. The highest BCUT2D eigenvalue weighted by Crippen LogP contribution is 2.29. The zero-order valence-electron chi connectivity index (χ0n) is 20.4. The van der Waals surface area contributed by atoms with E-state index in [4.69, 9.17) is 9.47 Å². The molecule has 35 heavy (non-hydrogen) atoms. The van der Waals surface area contributed by atoms with Crippen molar-refractivity contribution in [3.8, 4) is 0 Å². The Morgan fingerprint density at radius 2 is 2.09 bits per heavy atom. The van der Waals surface area contributed by atoms with Gasteiger partial charge in [-0.1, -0.05) is 30.3 Å². The second-order valence-electron chi connectivity index (χ2n) is 9.29. The molecule has 11 heteroatoms. The Balaban J connectivity index is 1.67. The van der Waals surface area contributed by atoms with Crippen LogP contribution in [-0.2, 0) is 40.1 Å². The number of rotatable bonds is 4. The van der Waals surface area contributed by atoms with Gasteiger partial charge in [0.15, 0.2) is 0 Å². The van der Waals surface area contributed by atoms with Crippen LogP contribution in [-0.4, -0.2) is 64.8 Å². The van der Waals surface area contributed by atoms with E-state index in [0.29, 0.717) is 50.3 Å². The molecule has 2 bridgehead atoms. The summed E-state index contributed by atoms with van der Waals surface area (Å²) in [5.41, 5.74) is 0.609. The molecular weight excluding hydrogens is 463 g/mol. The molecule has 1 aromatic heterocycles. The molecule has 0 saturated heterocycles. The number of likely N-dealkylation sites (N-methyl/N-ethyl adjacent to an activating group) is 1. The lowest BCUT2D eigenvalue weighted by Crippen LogP contribution is -2.42. The number of esters is 1. The van der Waals surface area contributed by atoms with Crippen molar-refractivity contribution < 1.29 is 27.4 Å². The van der Waals surface area contributed by atoms with Crippen LogP contribution < -0.4 is 5.32 Å². The van der Waals surface area contributed by atoms with Crippen molar-refractivity contribution in [3.63, 3.8) is 0 Å². The number of nitrogens with one attached hydrogen (secondary N) is 1. The smallest absolute Gasteiger partial charge is 0.416 e. The third-order valence-electron chi connectivity index (χ3n) is 5.92. The Kier molecular flexibility index (Phi) is 9.64. The van der Waals surface area contributed by atoms with Crippen molar-refractivity contribution in [1.29, 1.82) is 0 Å². The number of carbonyl (C=O) groups excluding carboxylic acids is 1. The van der Waals surface area contributed by atoms with Crippen molar-refractivity contribution in [1.82, 2.24) is 25.2 Å². The molecule has 3 atom stereocenters. The number of aryl methyl sites for hydroxylation is 1. The van der Waals surface area contributed by atoms with E-state index in [0.717, 1.165) is 6.07 Å². The Hall–Kier alpha value is -2.50. The van der Waals surface area contributed by atoms with Crippen LogP contribution in [0.25, 0.3) is 0 Å². The van der Waals surface area contributed by atoms with E-state index in [1.54, 1.807) is 16.9 Å². The number of aromatic nitrogens is 3. The number of hydrogen-bond acceptors (Lipinski definition) is 7. The van der Waals surface area contributed by atoms with Gasteiger partial charge in [0.25, 0.3) is 0 Å². The quantitative estimate of drug-likeness (QED) is 0.650.